The molecule has 0 spiro atoms. The van der Waals surface area contributed by atoms with Crippen molar-refractivity contribution < 1.29 is 4.74 Å². The van der Waals surface area contributed by atoms with E-state index in [1.807, 2.05) is 24.3 Å². The Balaban J connectivity index is 1.81. The van der Waals surface area contributed by atoms with Crippen LogP contribution in [0.4, 0.5) is 5.69 Å². The fraction of sp³-hybridized carbons (Fsp3) is 0.278. The van der Waals surface area contributed by atoms with Crippen molar-refractivity contribution in [3.8, 4) is 5.75 Å². The van der Waals surface area contributed by atoms with Gasteiger partial charge in [0.2, 0.25) is 0 Å². The molecular formula is C18H17ClN2OS2. The number of hydrogen-bond acceptors (Lipinski definition) is 3. The minimum atomic E-state index is -0.567. The highest BCUT2D eigenvalue weighted by atomic mass is 35.5. The molecule has 24 heavy (non-hydrogen) atoms. The number of benzene rings is 2. The van der Waals surface area contributed by atoms with E-state index in [0.717, 1.165) is 23.4 Å². The minimum Gasteiger partial charge on any atom is -0.466 e. The lowest BCUT2D eigenvalue weighted by Crippen LogP contribution is -2.65. The molecule has 6 heteroatoms. The lowest BCUT2D eigenvalue weighted by molar-refractivity contribution is 0.0498. The summed E-state index contributed by atoms with van der Waals surface area (Å²) in [7, 11) is 0. The number of fused-ring (bicyclic) bond motifs is 4. The normalized spacial score (nSPS) is 24.9. The quantitative estimate of drug-likeness (QED) is 0.587. The van der Waals surface area contributed by atoms with Crippen LogP contribution < -0.4 is 15.0 Å². The van der Waals surface area contributed by atoms with E-state index in [-0.39, 0.29) is 6.04 Å². The highest BCUT2D eigenvalue weighted by Gasteiger charge is 2.48. The van der Waals surface area contributed by atoms with Gasteiger partial charge in [-0.2, -0.15) is 0 Å². The summed E-state index contributed by atoms with van der Waals surface area (Å²) in [5.74, 6) is 0.749. The summed E-state index contributed by atoms with van der Waals surface area (Å²) in [5.41, 5.74) is 1.53. The van der Waals surface area contributed by atoms with Crippen LogP contribution in [0.1, 0.15) is 24.9 Å². The molecule has 2 aliphatic heterocycles. The van der Waals surface area contributed by atoms with Crippen molar-refractivity contribution in [1.82, 2.24) is 5.32 Å². The van der Waals surface area contributed by atoms with Crippen molar-refractivity contribution in [3.63, 3.8) is 0 Å². The molecule has 2 heterocycles. The topological polar surface area (TPSA) is 24.5 Å². The summed E-state index contributed by atoms with van der Waals surface area (Å²) in [5, 5.41) is 4.77. The number of thiocarbonyl (C=S) groups is 1. The van der Waals surface area contributed by atoms with Gasteiger partial charge in [0.05, 0.1) is 11.1 Å². The average Bonchev–Trinajstić information content (AvgIpc) is 2.55. The molecule has 0 saturated carbocycles. The van der Waals surface area contributed by atoms with Gasteiger partial charge < -0.3 is 10.1 Å². The van der Waals surface area contributed by atoms with Crippen LogP contribution in [-0.2, 0) is 0 Å². The van der Waals surface area contributed by atoms with E-state index >= 15 is 0 Å². The van der Waals surface area contributed by atoms with Crippen LogP contribution in [0, 0.1) is 0 Å². The van der Waals surface area contributed by atoms with Crippen LogP contribution in [0.2, 0.25) is 5.02 Å². The first-order valence-electron chi connectivity index (χ1n) is 7.74. The largest absolute Gasteiger partial charge is 0.466 e. The second kappa shape index (κ2) is 5.83. The molecule has 2 aromatic carbocycles. The third kappa shape index (κ3) is 2.46. The lowest BCUT2D eigenvalue weighted by atomic mass is 9.90. The highest BCUT2D eigenvalue weighted by molar-refractivity contribution is 7.98. The summed E-state index contributed by atoms with van der Waals surface area (Å²) in [6.07, 6.45) is 2.86. The van der Waals surface area contributed by atoms with Crippen molar-refractivity contribution in [2.45, 2.75) is 30.0 Å². The van der Waals surface area contributed by atoms with Crippen LogP contribution >= 0.6 is 35.6 Å². The zero-order valence-corrected chi connectivity index (χ0v) is 15.8. The molecule has 124 valence electrons. The zero-order valence-electron chi connectivity index (χ0n) is 13.4. The molecule has 2 aliphatic rings. The molecule has 4 rings (SSSR count). The van der Waals surface area contributed by atoms with Gasteiger partial charge in [-0.15, -0.1) is 11.8 Å². The molecule has 0 amide bonds. The Hall–Kier alpha value is -1.43. The Labute approximate surface area is 156 Å². The fourth-order valence-corrected chi connectivity index (χ4v) is 4.61. The van der Waals surface area contributed by atoms with Gasteiger partial charge in [-0.1, -0.05) is 29.8 Å². The molecule has 1 N–H and O–H groups in total. The van der Waals surface area contributed by atoms with E-state index in [0.29, 0.717) is 10.1 Å². The standard InChI is InChI=1S/C18H17ClN2OS2/c1-18-10-15(13-7-4-8-14(19)16(13)22-18)20-17(23)21(18)11-5-3-6-12(9-11)24-2/h3-9,15H,10H2,1-2H3,(H,20,23)/t15-,18+/m0/s1. The Morgan fingerprint density at radius 3 is 2.92 bits per heavy atom. The van der Waals surface area contributed by atoms with E-state index in [4.69, 9.17) is 28.6 Å². The van der Waals surface area contributed by atoms with Gasteiger partial charge in [-0.25, -0.2) is 0 Å². The third-order valence-electron chi connectivity index (χ3n) is 4.56. The second-order valence-corrected chi connectivity index (χ2v) is 7.85. The van der Waals surface area contributed by atoms with Crippen molar-refractivity contribution >= 4 is 46.4 Å². The molecule has 2 atom stereocenters. The van der Waals surface area contributed by atoms with E-state index in [1.165, 1.54) is 4.90 Å². The lowest BCUT2D eigenvalue weighted by Gasteiger charge is -2.52. The van der Waals surface area contributed by atoms with Gasteiger partial charge in [0.1, 0.15) is 5.75 Å². The van der Waals surface area contributed by atoms with Crippen molar-refractivity contribution in [2.24, 2.45) is 0 Å². The van der Waals surface area contributed by atoms with Gasteiger partial charge in [0.15, 0.2) is 10.8 Å². The predicted octanol–water partition coefficient (Wildman–Crippen LogP) is 5.00. The maximum Gasteiger partial charge on any atom is 0.188 e. The van der Waals surface area contributed by atoms with Gasteiger partial charge in [-0.3, -0.25) is 4.90 Å². The summed E-state index contributed by atoms with van der Waals surface area (Å²) in [6, 6.07) is 14.3. The van der Waals surface area contributed by atoms with Gasteiger partial charge in [-0.05, 0) is 49.7 Å². The number of thioether (sulfide) groups is 1. The number of rotatable bonds is 2. The first kappa shape index (κ1) is 16.1. The third-order valence-corrected chi connectivity index (χ3v) is 5.89. The predicted molar refractivity (Wildman–Crippen MR) is 104 cm³/mol. The van der Waals surface area contributed by atoms with E-state index in [9.17, 15) is 0 Å². The van der Waals surface area contributed by atoms with Gasteiger partial charge in [0, 0.05) is 22.6 Å². The molecular weight excluding hydrogens is 360 g/mol. The Kier molecular flexibility index (Phi) is 3.90. The van der Waals surface area contributed by atoms with Crippen LogP contribution in [0.25, 0.3) is 0 Å². The van der Waals surface area contributed by atoms with E-state index in [1.54, 1.807) is 11.8 Å². The van der Waals surface area contributed by atoms with Crippen molar-refractivity contribution in [3.05, 3.63) is 53.1 Å². The van der Waals surface area contributed by atoms with Crippen molar-refractivity contribution in [2.75, 3.05) is 11.2 Å². The molecule has 0 aromatic heterocycles. The highest BCUT2D eigenvalue weighted by Crippen LogP contribution is 2.48. The van der Waals surface area contributed by atoms with Crippen LogP contribution in [0.3, 0.4) is 0 Å². The summed E-state index contributed by atoms with van der Waals surface area (Å²) >= 11 is 13.8. The first-order chi connectivity index (χ1) is 11.5. The molecule has 3 nitrogen and oxygen atoms in total. The maximum atomic E-state index is 6.39. The number of anilines is 1. The summed E-state index contributed by atoms with van der Waals surface area (Å²) in [4.78, 5) is 3.25. The number of halogens is 1. The Morgan fingerprint density at radius 1 is 1.33 bits per heavy atom. The Bertz CT molecular complexity index is 828. The number of nitrogens with one attached hydrogen (secondary N) is 1. The fourth-order valence-electron chi connectivity index (χ4n) is 3.49. The second-order valence-electron chi connectivity index (χ2n) is 6.18. The monoisotopic (exact) mass is 376 g/mol. The van der Waals surface area contributed by atoms with E-state index in [2.05, 4.69) is 41.6 Å². The maximum absolute atomic E-state index is 6.39. The minimum absolute atomic E-state index is 0.116. The van der Waals surface area contributed by atoms with Crippen LogP contribution in [-0.4, -0.2) is 17.1 Å². The summed E-state index contributed by atoms with van der Waals surface area (Å²) < 4.78 is 6.39. The molecule has 0 unspecified atom stereocenters. The molecule has 0 radical (unpaired) electrons. The number of para-hydroxylation sites is 1. The number of hydrogen-bond donors (Lipinski definition) is 1. The van der Waals surface area contributed by atoms with Crippen molar-refractivity contribution in [1.29, 1.82) is 0 Å². The molecule has 0 aliphatic carbocycles. The number of ether oxygens (including phenoxy) is 1. The van der Waals surface area contributed by atoms with Crippen LogP contribution in [0.5, 0.6) is 5.75 Å². The molecule has 2 bridgehead atoms. The molecule has 1 saturated heterocycles. The molecule has 2 aromatic rings. The summed E-state index contributed by atoms with van der Waals surface area (Å²) in [6.45, 7) is 2.07. The van der Waals surface area contributed by atoms with Gasteiger partial charge in [0.25, 0.3) is 0 Å². The van der Waals surface area contributed by atoms with Crippen LogP contribution in [0.15, 0.2) is 47.4 Å². The Morgan fingerprint density at radius 2 is 2.12 bits per heavy atom. The molecule has 1 fully saturated rings. The number of nitrogens with zero attached hydrogens (tertiary/aromatic N) is 1. The first-order valence-corrected chi connectivity index (χ1v) is 9.75. The SMILES string of the molecule is CSc1cccc(N2C(=S)N[C@H]3C[C@@]2(C)Oc2c(Cl)cccc23)c1. The van der Waals surface area contributed by atoms with E-state index < -0.39 is 5.72 Å². The smallest absolute Gasteiger partial charge is 0.188 e. The van der Waals surface area contributed by atoms with Gasteiger partial charge >= 0.3 is 0 Å². The average molecular weight is 377 g/mol. The zero-order chi connectivity index (χ0) is 16.9.